The van der Waals surface area contributed by atoms with Crippen molar-refractivity contribution in [1.82, 2.24) is 15.0 Å². The number of para-hydroxylation sites is 1. The van der Waals surface area contributed by atoms with E-state index in [4.69, 9.17) is 26.3 Å². The zero-order chi connectivity index (χ0) is 26.1. The Morgan fingerprint density at radius 1 is 1.08 bits per heavy atom. The molecule has 37 heavy (non-hydrogen) atoms. The molecule has 9 heteroatoms. The summed E-state index contributed by atoms with van der Waals surface area (Å²) in [5.74, 6) is 1.41. The van der Waals surface area contributed by atoms with Gasteiger partial charge in [0.1, 0.15) is 5.03 Å². The van der Waals surface area contributed by atoms with Gasteiger partial charge in [0.25, 0.3) is 0 Å². The van der Waals surface area contributed by atoms with E-state index < -0.39 is 0 Å². The zero-order valence-electron chi connectivity index (χ0n) is 20.6. The monoisotopic (exact) mass is 532 g/mol. The number of benzene rings is 2. The van der Waals surface area contributed by atoms with Gasteiger partial charge in [0.05, 0.1) is 28.6 Å². The predicted octanol–water partition coefficient (Wildman–Crippen LogP) is 6.04. The molecule has 4 aromatic rings. The quantitative estimate of drug-likeness (QED) is 0.203. The Morgan fingerprint density at radius 2 is 1.84 bits per heavy atom. The average Bonchev–Trinajstić information content (AvgIpc) is 2.89. The minimum atomic E-state index is -0.159. The van der Waals surface area contributed by atoms with E-state index in [0.717, 1.165) is 27.9 Å². The van der Waals surface area contributed by atoms with Crippen LogP contribution in [0.5, 0.6) is 11.6 Å². The lowest BCUT2D eigenvalue weighted by Crippen LogP contribution is -2.17. The maximum absolute atomic E-state index is 12.9. The number of amides is 1. The number of aryl methyl sites for hydroxylation is 3. The molecule has 0 fully saturated rings. The first-order chi connectivity index (χ1) is 17.9. The number of aromatic nitrogens is 3. The third kappa shape index (κ3) is 5.05. The van der Waals surface area contributed by atoms with Gasteiger partial charge in [0.2, 0.25) is 11.8 Å². The Balaban J connectivity index is 1.51. The summed E-state index contributed by atoms with van der Waals surface area (Å²) < 4.78 is 6.25. The van der Waals surface area contributed by atoms with Gasteiger partial charge in [0, 0.05) is 35.0 Å². The molecule has 2 aromatic carbocycles. The molecule has 1 amide bonds. The summed E-state index contributed by atoms with van der Waals surface area (Å²) in [6.07, 6.45) is 2.11. The number of carbonyl (C=O) groups is 1. The molecule has 0 saturated carbocycles. The number of ether oxygens (including phenoxy) is 1. The van der Waals surface area contributed by atoms with Crippen LogP contribution in [0, 0.1) is 20.8 Å². The minimum Gasteiger partial charge on any atom is -0.436 e. The number of aliphatic hydroxyl groups is 1. The van der Waals surface area contributed by atoms with E-state index >= 15 is 0 Å². The number of halogens is 1. The summed E-state index contributed by atoms with van der Waals surface area (Å²) in [5.41, 5.74) is 6.49. The maximum atomic E-state index is 12.9. The van der Waals surface area contributed by atoms with Crippen LogP contribution in [0.4, 0.5) is 5.69 Å². The van der Waals surface area contributed by atoms with Gasteiger partial charge < -0.3 is 15.2 Å². The number of thioether (sulfide) groups is 1. The lowest BCUT2D eigenvalue weighted by Gasteiger charge is -2.24. The number of anilines is 1. The Kier molecular flexibility index (Phi) is 7.15. The van der Waals surface area contributed by atoms with E-state index in [9.17, 15) is 9.90 Å². The van der Waals surface area contributed by atoms with E-state index in [0.29, 0.717) is 50.7 Å². The van der Waals surface area contributed by atoms with Crippen molar-refractivity contribution < 1.29 is 14.6 Å². The predicted molar refractivity (Wildman–Crippen MR) is 146 cm³/mol. The number of hydrogen-bond donors (Lipinski definition) is 2. The molecule has 1 aliphatic rings. The lowest BCUT2D eigenvalue weighted by atomic mass is 9.99. The van der Waals surface area contributed by atoms with Crippen molar-refractivity contribution in [2.24, 2.45) is 0 Å². The van der Waals surface area contributed by atoms with Gasteiger partial charge in [-0.05, 0) is 44.0 Å². The summed E-state index contributed by atoms with van der Waals surface area (Å²) in [7, 11) is 0. The van der Waals surface area contributed by atoms with Crippen LogP contribution in [0.3, 0.4) is 0 Å². The maximum Gasteiger partial charge on any atom is 0.234 e. The van der Waals surface area contributed by atoms with E-state index in [1.54, 1.807) is 12.3 Å². The molecule has 2 aromatic heterocycles. The van der Waals surface area contributed by atoms with Gasteiger partial charge in [-0.25, -0.2) is 4.98 Å². The standard InChI is InChI=1S/C28H25ClN4O3S/c1-15-7-6-8-16(2)24(15)31-23(35)14-37-28-21-11-20-18(13-34)12-30-17(3)25(20)36-27(21)32-26(33-28)19-9-4-5-10-22(19)29/h4-10,12,34H,11,13-14H2,1-3H3,(H,31,35). The van der Waals surface area contributed by atoms with E-state index in [1.807, 2.05) is 57.2 Å². The summed E-state index contributed by atoms with van der Waals surface area (Å²) in [4.78, 5) is 26.8. The van der Waals surface area contributed by atoms with Crippen molar-refractivity contribution in [2.75, 3.05) is 11.1 Å². The number of nitrogens with one attached hydrogen (secondary N) is 1. The van der Waals surface area contributed by atoms with Crippen LogP contribution in [0.25, 0.3) is 11.4 Å². The number of rotatable bonds is 6. The van der Waals surface area contributed by atoms with Crippen LogP contribution >= 0.6 is 23.4 Å². The van der Waals surface area contributed by atoms with Gasteiger partial charge in [-0.2, -0.15) is 4.98 Å². The van der Waals surface area contributed by atoms with Crippen LogP contribution in [-0.4, -0.2) is 31.7 Å². The van der Waals surface area contributed by atoms with Crippen molar-refractivity contribution in [3.63, 3.8) is 0 Å². The van der Waals surface area contributed by atoms with Crippen LogP contribution in [0.1, 0.15) is 33.5 Å². The van der Waals surface area contributed by atoms with Gasteiger partial charge in [0.15, 0.2) is 11.6 Å². The van der Waals surface area contributed by atoms with Crippen molar-refractivity contribution in [1.29, 1.82) is 0 Å². The van der Waals surface area contributed by atoms with Gasteiger partial charge >= 0.3 is 0 Å². The van der Waals surface area contributed by atoms with Crippen LogP contribution in [-0.2, 0) is 17.8 Å². The Hall–Kier alpha value is -3.46. The number of hydrogen-bond acceptors (Lipinski definition) is 7. The molecule has 0 bridgehead atoms. The Bertz CT molecular complexity index is 1510. The Labute approximate surface area is 224 Å². The molecule has 0 aliphatic carbocycles. The minimum absolute atomic E-state index is 0.137. The number of fused-ring (bicyclic) bond motifs is 2. The highest BCUT2D eigenvalue weighted by molar-refractivity contribution is 8.00. The molecule has 3 heterocycles. The molecule has 7 nitrogen and oxygen atoms in total. The average molecular weight is 533 g/mol. The highest BCUT2D eigenvalue weighted by Crippen LogP contribution is 2.43. The molecular formula is C28H25ClN4O3S. The van der Waals surface area contributed by atoms with Crippen molar-refractivity contribution in [3.8, 4) is 23.0 Å². The second kappa shape index (κ2) is 10.5. The third-order valence-electron chi connectivity index (χ3n) is 6.26. The first-order valence-electron chi connectivity index (χ1n) is 11.8. The van der Waals surface area contributed by atoms with Crippen molar-refractivity contribution in [3.05, 3.63) is 87.2 Å². The number of carbonyl (C=O) groups excluding carboxylic acids is 1. The van der Waals surface area contributed by atoms with Gasteiger partial charge in [-0.1, -0.05) is 53.7 Å². The van der Waals surface area contributed by atoms with Crippen LogP contribution in [0.2, 0.25) is 5.02 Å². The fourth-order valence-electron chi connectivity index (χ4n) is 4.30. The van der Waals surface area contributed by atoms with Crippen LogP contribution in [0.15, 0.2) is 53.7 Å². The third-order valence-corrected chi connectivity index (χ3v) is 7.61. The molecule has 0 radical (unpaired) electrons. The number of pyridine rings is 1. The molecule has 0 unspecified atom stereocenters. The molecule has 0 atom stereocenters. The fourth-order valence-corrected chi connectivity index (χ4v) is 5.34. The first-order valence-corrected chi connectivity index (χ1v) is 13.1. The lowest BCUT2D eigenvalue weighted by molar-refractivity contribution is -0.113. The summed E-state index contributed by atoms with van der Waals surface area (Å²) >= 11 is 7.77. The molecule has 2 N–H and O–H groups in total. The first kappa shape index (κ1) is 25.2. The highest BCUT2D eigenvalue weighted by Gasteiger charge is 2.28. The fraction of sp³-hybridized carbons (Fsp3) is 0.214. The number of nitrogens with zero attached hydrogens (tertiary/aromatic N) is 3. The largest absolute Gasteiger partial charge is 0.436 e. The topological polar surface area (TPSA) is 97.2 Å². The second-order valence-corrected chi connectivity index (χ2v) is 10.2. The molecule has 0 saturated heterocycles. The normalized spacial score (nSPS) is 11.9. The smallest absolute Gasteiger partial charge is 0.234 e. The summed E-state index contributed by atoms with van der Waals surface area (Å²) in [6.45, 7) is 5.63. The van der Waals surface area contributed by atoms with Crippen molar-refractivity contribution in [2.45, 2.75) is 38.8 Å². The van der Waals surface area contributed by atoms with E-state index in [1.165, 1.54) is 11.8 Å². The molecular weight excluding hydrogens is 508 g/mol. The second-order valence-electron chi connectivity index (χ2n) is 8.83. The Morgan fingerprint density at radius 3 is 2.57 bits per heavy atom. The highest BCUT2D eigenvalue weighted by atomic mass is 35.5. The SMILES string of the molecule is Cc1cccc(C)c1NC(=O)CSc1nc(-c2ccccc2Cl)nc2c1Cc1c(CO)cnc(C)c1O2. The summed E-state index contributed by atoms with van der Waals surface area (Å²) in [6, 6.07) is 13.2. The van der Waals surface area contributed by atoms with E-state index in [2.05, 4.69) is 10.3 Å². The van der Waals surface area contributed by atoms with Crippen LogP contribution < -0.4 is 10.1 Å². The molecule has 1 aliphatic heterocycles. The zero-order valence-corrected chi connectivity index (χ0v) is 22.2. The summed E-state index contributed by atoms with van der Waals surface area (Å²) in [5, 5.41) is 14.1. The van der Waals surface area contributed by atoms with E-state index in [-0.39, 0.29) is 18.3 Å². The molecule has 188 valence electrons. The number of aliphatic hydroxyl groups excluding tert-OH is 1. The molecule has 0 spiro atoms. The van der Waals surface area contributed by atoms with Gasteiger partial charge in [-0.15, -0.1) is 0 Å². The molecule has 5 rings (SSSR count). The van der Waals surface area contributed by atoms with Gasteiger partial charge in [-0.3, -0.25) is 9.78 Å². The van der Waals surface area contributed by atoms with Crippen molar-refractivity contribution >= 4 is 35.0 Å².